The van der Waals surface area contributed by atoms with E-state index in [4.69, 9.17) is 11.6 Å². The minimum Gasteiger partial charge on any atom is -0.339 e. The summed E-state index contributed by atoms with van der Waals surface area (Å²) in [4.78, 5) is 15.0. The fraction of sp³-hybridized carbons (Fsp3) is 0.0769. The van der Waals surface area contributed by atoms with E-state index >= 15 is 0 Å². The van der Waals surface area contributed by atoms with Crippen LogP contribution in [0.5, 0.6) is 0 Å². The van der Waals surface area contributed by atoms with Crippen molar-refractivity contribution in [3.05, 3.63) is 47.6 Å². The largest absolute Gasteiger partial charge is 0.339 e. The number of benzene rings is 1. The number of aromatic nitrogens is 1. The third kappa shape index (κ3) is 3.21. The van der Waals surface area contributed by atoms with E-state index in [9.17, 15) is 4.79 Å². The monoisotopic (exact) mass is 261 g/mol. The molecule has 18 heavy (non-hydrogen) atoms. The van der Waals surface area contributed by atoms with Crippen molar-refractivity contribution in [1.82, 2.24) is 4.98 Å². The van der Waals surface area contributed by atoms with Crippen LogP contribution in [0.25, 0.3) is 0 Å². The summed E-state index contributed by atoms with van der Waals surface area (Å²) in [7, 11) is 0. The maximum atomic E-state index is 10.9. The normalized spacial score (nSPS) is 9.89. The Kier molecular flexibility index (Phi) is 3.79. The Hall–Kier alpha value is -2.07. The van der Waals surface area contributed by atoms with Crippen LogP contribution < -0.4 is 10.6 Å². The Labute approximate surface area is 110 Å². The van der Waals surface area contributed by atoms with Gasteiger partial charge in [0, 0.05) is 6.92 Å². The number of halogens is 1. The maximum Gasteiger partial charge on any atom is 0.221 e. The highest BCUT2D eigenvalue weighted by atomic mass is 35.5. The highest BCUT2D eigenvalue weighted by Crippen LogP contribution is 2.24. The SMILES string of the molecule is CC(=O)Nc1ccc(Nc2ccccc2Cl)nc1. The first kappa shape index (κ1) is 12.4. The van der Waals surface area contributed by atoms with Crippen molar-refractivity contribution < 1.29 is 4.79 Å². The molecule has 1 aromatic heterocycles. The Bertz CT molecular complexity index is 554. The molecule has 0 bridgehead atoms. The lowest BCUT2D eigenvalue weighted by atomic mass is 10.3. The molecule has 0 saturated carbocycles. The van der Waals surface area contributed by atoms with Crippen molar-refractivity contribution >= 4 is 34.7 Å². The first-order valence-electron chi connectivity index (χ1n) is 5.40. The van der Waals surface area contributed by atoms with Gasteiger partial charge in [0.2, 0.25) is 5.91 Å². The molecule has 2 rings (SSSR count). The summed E-state index contributed by atoms with van der Waals surface area (Å²) < 4.78 is 0. The van der Waals surface area contributed by atoms with Gasteiger partial charge in [-0.15, -0.1) is 0 Å². The number of pyridine rings is 1. The van der Waals surface area contributed by atoms with Crippen LogP contribution in [0, 0.1) is 0 Å². The van der Waals surface area contributed by atoms with Crippen LogP contribution in [0.1, 0.15) is 6.92 Å². The van der Waals surface area contributed by atoms with Crippen LogP contribution in [0.3, 0.4) is 0 Å². The molecule has 0 spiro atoms. The van der Waals surface area contributed by atoms with E-state index in [0.717, 1.165) is 5.69 Å². The van der Waals surface area contributed by atoms with Crippen molar-refractivity contribution in [1.29, 1.82) is 0 Å². The van der Waals surface area contributed by atoms with E-state index in [0.29, 0.717) is 16.5 Å². The van der Waals surface area contributed by atoms with Crippen LogP contribution in [-0.2, 0) is 4.79 Å². The first-order valence-corrected chi connectivity index (χ1v) is 5.78. The van der Waals surface area contributed by atoms with Gasteiger partial charge in [0.05, 0.1) is 22.6 Å². The number of para-hydroxylation sites is 1. The quantitative estimate of drug-likeness (QED) is 0.890. The Morgan fingerprint density at radius 3 is 2.61 bits per heavy atom. The van der Waals surface area contributed by atoms with Gasteiger partial charge >= 0.3 is 0 Å². The number of hydrogen-bond acceptors (Lipinski definition) is 3. The third-order valence-electron chi connectivity index (χ3n) is 2.22. The van der Waals surface area contributed by atoms with Crippen LogP contribution in [0.2, 0.25) is 5.02 Å². The lowest BCUT2D eigenvalue weighted by Crippen LogP contribution is -2.06. The van der Waals surface area contributed by atoms with Crippen molar-refractivity contribution in [3.63, 3.8) is 0 Å². The summed E-state index contributed by atoms with van der Waals surface area (Å²) in [5, 5.41) is 6.38. The van der Waals surface area contributed by atoms with Crippen LogP contribution in [-0.4, -0.2) is 10.9 Å². The number of rotatable bonds is 3. The Balaban J connectivity index is 2.11. The number of hydrogen-bond donors (Lipinski definition) is 2. The summed E-state index contributed by atoms with van der Waals surface area (Å²) in [6, 6.07) is 11.0. The van der Waals surface area contributed by atoms with Gasteiger partial charge in [0.1, 0.15) is 5.82 Å². The van der Waals surface area contributed by atoms with Gasteiger partial charge in [-0.05, 0) is 24.3 Å². The Morgan fingerprint density at radius 1 is 1.22 bits per heavy atom. The lowest BCUT2D eigenvalue weighted by molar-refractivity contribution is -0.114. The predicted octanol–water partition coefficient (Wildman–Crippen LogP) is 3.44. The van der Waals surface area contributed by atoms with Gasteiger partial charge in [-0.25, -0.2) is 4.98 Å². The molecule has 0 unspecified atom stereocenters. The highest BCUT2D eigenvalue weighted by molar-refractivity contribution is 6.33. The number of amides is 1. The fourth-order valence-corrected chi connectivity index (χ4v) is 1.63. The van der Waals surface area contributed by atoms with Crippen molar-refractivity contribution in [2.75, 3.05) is 10.6 Å². The smallest absolute Gasteiger partial charge is 0.221 e. The molecule has 92 valence electrons. The zero-order chi connectivity index (χ0) is 13.0. The van der Waals surface area contributed by atoms with Crippen molar-refractivity contribution in [3.8, 4) is 0 Å². The molecule has 4 nitrogen and oxygen atoms in total. The number of carbonyl (C=O) groups excluding carboxylic acids is 1. The summed E-state index contributed by atoms with van der Waals surface area (Å²) in [6.45, 7) is 1.45. The molecular weight excluding hydrogens is 250 g/mol. The highest BCUT2D eigenvalue weighted by Gasteiger charge is 2.01. The second kappa shape index (κ2) is 5.51. The van der Waals surface area contributed by atoms with E-state index in [2.05, 4.69) is 15.6 Å². The fourth-order valence-electron chi connectivity index (χ4n) is 1.45. The summed E-state index contributed by atoms with van der Waals surface area (Å²) in [5.41, 5.74) is 1.45. The van der Waals surface area contributed by atoms with E-state index in [1.54, 1.807) is 24.4 Å². The van der Waals surface area contributed by atoms with Crippen LogP contribution in [0.15, 0.2) is 42.6 Å². The zero-order valence-electron chi connectivity index (χ0n) is 9.77. The van der Waals surface area contributed by atoms with Gasteiger partial charge in [0.25, 0.3) is 0 Å². The topological polar surface area (TPSA) is 54.0 Å². The summed E-state index contributed by atoms with van der Waals surface area (Å²) >= 11 is 6.03. The van der Waals surface area contributed by atoms with Gasteiger partial charge in [-0.2, -0.15) is 0 Å². The summed E-state index contributed by atoms with van der Waals surface area (Å²) in [5.74, 6) is 0.542. The molecule has 0 atom stereocenters. The summed E-state index contributed by atoms with van der Waals surface area (Å²) in [6.07, 6.45) is 1.58. The minimum absolute atomic E-state index is 0.122. The molecule has 0 aliphatic heterocycles. The minimum atomic E-state index is -0.122. The second-order valence-corrected chi connectivity index (χ2v) is 4.13. The molecule has 1 heterocycles. The molecule has 5 heteroatoms. The molecule has 0 fully saturated rings. The van der Waals surface area contributed by atoms with Crippen LogP contribution >= 0.6 is 11.6 Å². The molecule has 0 saturated heterocycles. The predicted molar refractivity (Wildman–Crippen MR) is 73.3 cm³/mol. The zero-order valence-corrected chi connectivity index (χ0v) is 10.5. The van der Waals surface area contributed by atoms with Crippen molar-refractivity contribution in [2.24, 2.45) is 0 Å². The van der Waals surface area contributed by atoms with E-state index in [1.807, 2.05) is 18.2 Å². The van der Waals surface area contributed by atoms with Gasteiger partial charge in [-0.3, -0.25) is 4.79 Å². The number of nitrogens with zero attached hydrogens (tertiary/aromatic N) is 1. The average Bonchev–Trinajstić information content (AvgIpc) is 2.34. The molecule has 1 amide bonds. The molecule has 0 radical (unpaired) electrons. The molecule has 0 aliphatic carbocycles. The standard InChI is InChI=1S/C13H12ClN3O/c1-9(18)16-10-6-7-13(15-8-10)17-12-5-3-2-4-11(12)14/h2-8H,1H3,(H,15,17)(H,16,18). The van der Waals surface area contributed by atoms with E-state index in [-0.39, 0.29) is 5.91 Å². The molecule has 2 aromatic rings. The van der Waals surface area contributed by atoms with Crippen molar-refractivity contribution in [2.45, 2.75) is 6.92 Å². The van der Waals surface area contributed by atoms with E-state index in [1.165, 1.54) is 6.92 Å². The Morgan fingerprint density at radius 2 is 2.00 bits per heavy atom. The lowest BCUT2D eigenvalue weighted by Gasteiger charge is -2.08. The number of carbonyl (C=O) groups is 1. The molecule has 0 aliphatic rings. The maximum absolute atomic E-state index is 10.9. The first-order chi connectivity index (χ1) is 8.65. The third-order valence-corrected chi connectivity index (χ3v) is 2.55. The number of nitrogens with one attached hydrogen (secondary N) is 2. The van der Waals surface area contributed by atoms with Gasteiger partial charge in [0.15, 0.2) is 0 Å². The van der Waals surface area contributed by atoms with E-state index < -0.39 is 0 Å². The average molecular weight is 262 g/mol. The number of anilines is 3. The van der Waals surface area contributed by atoms with Gasteiger partial charge < -0.3 is 10.6 Å². The molecular formula is C13H12ClN3O. The molecule has 2 N–H and O–H groups in total. The second-order valence-electron chi connectivity index (χ2n) is 3.72. The van der Waals surface area contributed by atoms with Crippen LogP contribution in [0.4, 0.5) is 17.2 Å². The molecule has 1 aromatic carbocycles. The van der Waals surface area contributed by atoms with Gasteiger partial charge in [-0.1, -0.05) is 23.7 Å².